The number of aromatic nitrogens is 2. The van der Waals surface area contributed by atoms with Gasteiger partial charge in [-0.2, -0.15) is 0 Å². The molecule has 0 radical (unpaired) electrons. The number of carbonyl (C=O) groups is 1. The third-order valence-corrected chi connectivity index (χ3v) is 5.98. The summed E-state index contributed by atoms with van der Waals surface area (Å²) in [5, 5.41) is 3.37. The van der Waals surface area contributed by atoms with Gasteiger partial charge < -0.3 is 24.4 Å². The number of carbonyl (C=O) groups excluding carboxylic acids is 1. The molecule has 3 rings (SSSR count). The Morgan fingerprint density at radius 2 is 1.97 bits per heavy atom. The van der Waals surface area contributed by atoms with Crippen LogP contribution in [0.4, 0.5) is 10.5 Å². The molecule has 1 fully saturated rings. The maximum Gasteiger partial charge on any atom is 0.409 e. The molecule has 9 heteroatoms. The van der Waals surface area contributed by atoms with Crippen LogP contribution in [0.5, 0.6) is 5.75 Å². The van der Waals surface area contributed by atoms with Crippen molar-refractivity contribution < 1.29 is 19.0 Å². The lowest BCUT2D eigenvalue weighted by Gasteiger charge is -2.23. The molecule has 2 heterocycles. The summed E-state index contributed by atoms with van der Waals surface area (Å²) in [6.45, 7) is 9.55. The Morgan fingerprint density at radius 1 is 1.21 bits per heavy atom. The normalized spacial score (nSPS) is 17.8. The molecule has 1 aromatic heterocycles. The van der Waals surface area contributed by atoms with Crippen LogP contribution in [0.15, 0.2) is 23.0 Å². The molecule has 0 aliphatic carbocycles. The lowest BCUT2D eigenvalue weighted by Crippen LogP contribution is -2.38. The van der Waals surface area contributed by atoms with E-state index >= 15 is 0 Å². The van der Waals surface area contributed by atoms with E-state index in [2.05, 4.69) is 5.32 Å². The van der Waals surface area contributed by atoms with Gasteiger partial charge in [0.1, 0.15) is 17.3 Å². The van der Waals surface area contributed by atoms with Gasteiger partial charge in [-0.1, -0.05) is 6.92 Å². The average molecular weight is 459 g/mol. The molecule has 0 saturated carbocycles. The molecule has 1 saturated heterocycles. The lowest BCUT2D eigenvalue weighted by atomic mass is 10.1. The molecule has 1 aliphatic rings. The summed E-state index contributed by atoms with van der Waals surface area (Å²) in [6.07, 6.45) is -0.0807. The highest BCUT2D eigenvalue weighted by atomic mass is 16.5. The molecule has 1 aromatic carbocycles. The minimum absolute atomic E-state index is 0.138. The monoisotopic (exact) mass is 458 g/mol. The van der Waals surface area contributed by atoms with Crippen LogP contribution in [0.25, 0.3) is 11.4 Å². The fourth-order valence-electron chi connectivity index (χ4n) is 4.27. The summed E-state index contributed by atoms with van der Waals surface area (Å²) in [4.78, 5) is 32.2. The number of likely N-dealkylation sites (tertiary alicyclic amines) is 1. The van der Waals surface area contributed by atoms with Gasteiger partial charge >= 0.3 is 6.09 Å². The summed E-state index contributed by atoms with van der Waals surface area (Å²) >= 11 is 0. The first-order chi connectivity index (χ1) is 15.9. The van der Waals surface area contributed by atoms with Crippen molar-refractivity contribution in [1.29, 1.82) is 0 Å². The van der Waals surface area contributed by atoms with E-state index < -0.39 is 6.09 Å². The molecule has 2 aromatic rings. The quantitative estimate of drug-likeness (QED) is 0.650. The maximum atomic E-state index is 13.6. The fraction of sp³-hybridized carbons (Fsp3) is 0.542. The van der Waals surface area contributed by atoms with Gasteiger partial charge in [0, 0.05) is 25.3 Å². The molecule has 1 amide bonds. The van der Waals surface area contributed by atoms with Gasteiger partial charge in [0.15, 0.2) is 0 Å². The number of aryl methyl sites for hydroxylation is 2. The van der Waals surface area contributed by atoms with Crippen LogP contribution in [-0.2, 0) is 22.4 Å². The number of methoxy groups -OCH3 is 2. The van der Waals surface area contributed by atoms with Gasteiger partial charge in [0.25, 0.3) is 5.56 Å². The second-order valence-electron chi connectivity index (χ2n) is 7.96. The summed E-state index contributed by atoms with van der Waals surface area (Å²) < 4.78 is 17.7. The van der Waals surface area contributed by atoms with Crippen molar-refractivity contribution in [3.05, 3.63) is 39.8 Å². The largest absolute Gasteiger partial charge is 0.497 e. The van der Waals surface area contributed by atoms with E-state index in [1.54, 1.807) is 16.6 Å². The zero-order valence-corrected chi connectivity index (χ0v) is 20.3. The highest BCUT2D eigenvalue weighted by Gasteiger charge is 2.37. The number of nitrogens with zero attached hydrogens (tertiary/aromatic N) is 3. The molecule has 1 aliphatic heterocycles. The third-order valence-electron chi connectivity index (χ3n) is 5.98. The van der Waals surface area contributed by atoms with Crippen molar-refractivity contribution >= 4 is 11.8 Å². The first-order valence-electron chi connectivity index (χ1n) is 11.4. The van der Waals surface area contributed by atoms with E-state index in [-0.39, 0.29) is 17.7 Å². The van der Waals surface area contributed by atoms with Crippen molar-refractivity contribution in [2.45, 2.75) is 52.8 Å². The van der Waals surface area contributed by atoms with E-state index in [1.807, 2.05) is 45.9 Å². The minimum atomic E-state index is -0.408. The number of benzene rings is 1. The van der Waals surface area contributed by atoms with Crippen molar-refractivity contribution in [3.63, 3.8) is 0 Å². The Bertz CT molecular complexity index is 1050. The van der Waals surface area contributed by atoms with Gasteiger partial charge in [0.05, 0.1) is 38.6 Å². The van der Waals surface area contributed by atoms with Crippen molar-refractivity contribution in [2.24, 2.45) is 0 Å². The predicted molar refractivity (Wildman–Crippen MR) is 127 cm³/mol. The molecule has 2 atom stereocenters. The maximum absolute atomic E-state index is 13.6. The number of hydrogen-bond acceptors (Lipinski definition) is 7. The predicted octanol–water partition coefficient (Wildman–Crippen LogP) is 3.08. The number of amides is 1. The Balaban J connectivity index is 2.03. The zero-order chi connectivity index (χ0) is 24.1. The van der Waals surface area contributed by atoms with Crippen LogP contribution in [0.1, 0.15) is 32.0 Å². The smallest absolute Gasteiger partial charge is 0.409 e. The average Bonchev–Trinajstić information content (AvgIpc) is 3.22. The highest BCUT2D eigenvalue weighted by molar-refractivity contribution is 5.68. The topological polar surface area (TPSA) is 94.9 Å². The van der Waals surface area contributed by atoms with Crippen LogP contribution in [0.2, 0.25) is 0 Å². The molecular formula is C24H34N4O5. The number of anilines is 1. The number of rotatable bonds is 8. The SMILES string of the molecule is CCOC1CN(C(=O)OC)CC1Nc1c(CC)nc(-c2ccc(OC)cc2C)n(CC)c1=O. The van der Waals surface area contributed by atoms with Crippen LogP contribution in [0, 0.1) is 6.92 Å². The first-order valence-corrected chi connectivity index (χ1v) is 11.4. The molecule has 0 spiro atoms. The Morgan fingerprint density at radius 3 is 2.55 bits per heavy atom. The van der Waals surface area contributed by atoms with E-state index in [0.717, 1.165) is 16.9 Å². The lowest BCUT2D eigenvalue weighted by molar-refractivity contribution is 0.0614. The highest BCUT2D eigenvalue weighted by Crippen LogP contribution is 2.27. The second-order valence-corrected chi connectivity index (χ2v) is 7.96. The van der Waals surface area contributed by atoms with E-state index in [0.29, 0.717) is 49.9 Å². The van der Waals surface area contributed by atoms with E-state index in [1.165, 1.54) is 7.11 Å². The molecular weight excluding hydrogens is 424 g/mol. The van der Waals surface area contributed by atoms with Gasteiger partial charge in [-0.05, 0) is 51.0 Å². The summed E-state index contributed by atoms with van der Waals surface area (Å²) in [7, 11) is 2.99. The van der Waals surface area contributed by atoms with E-state index in [4.69, 9.17) is 19.2 Å². The van der Waals surface area contributed by atoms with E-state index in [9.17, 15) is 9.59 Å². The number of ether oxygens (including phenoxy) is 3. The Labute approximate surface area is 194 Å². The summed E-state index contributed by atoms with van der Waals surface area (Å²) in [5.41, 5.74) is 2.87. The van der Waals surface area contributed by atoms with Gasteiger partial charge in [0.2, 0.25) is 0 Å². The first kappa shape index (κ1) is 24.6. The number of hydrogen-bond donors (Lipinski definition) is 1. The van der Waals surface area contributed by atoms with Crippen LogP contribution in [0.3, 0.4) is 0 Å². The molecule has 180 valence electrons. The molecule has 1 N–H and O–H groups in total. The third kappa shape index (κ3) is 4.98. The fourth-order valence-corrected chi connectivity index (χ4v) is 4.27. The van der Waals surface area contributed by atoms with Gasteiger partial charge in [-0.3, -0.25) is 9.36 Å². The van der Waals surface area contributed by atoms with Crippen LogP contribution < -0.4 is 15.6 Å². The van der Waals surface area contributed by atoms with Gasteiger partial charge in [-0.25, -0.2) is 9.78 Å². The Hall–Kier alpha value is -3.07. The van der Waals surface area contributed by atoms with Crippen molar-refractivity contribution in [1.82, 2.24) is 14.5 Å². The molecule has 9 nitrogen and oxygen atoms in total. The van der Waals surface area contributed by atoms with Crippen LogP contribution >= 0.6 is 0 Å². The Kier molecular flexibility index (Phi) is 7.97. The standard InChI is InChI=1S/C24H34N4O5/c1-7-18-21(25-19-13-27(24(30)32-6)14-20(19)33-9-3)23(29)28(8-2)22(26-18)17-11-10-16(31-5)12-15(17)4/h10-12,19-20,25H,7-9,13-14H2,1-6H3. The van der Waals surface area contributed by atoms with Crippen LogP contribution in [-0.4, -0.2) is 66.6 Å². The number of nitrogens with one attached hydrogen (secondary N) is 1. The zero-order valence-electron chi connectivity index (χ0n) is 20.3. The molecule has 2 unspecified atom stereocenters. The second kappa shape index (κ2) is 10.7. The molecule has 0 bridgehead atoms. The molecule has 33 heavy (non-hydrogen) atoms. The van der Waals surface area contributed by atoms with Gasteiger partial charge in [-0.15, -0.1) is 0 Å². The van der Waals surface area contributed by atoms with Crippen molar-refractivity contribution in [2.75, 3.05) is 39.2 Å². The van der Waals surface area contributed by atoms with Crippen molar-refractivity contribution in [3.8, 4) is 17.1 Å². The summed E-state index contributed by atoms with van der Waals surface area (Å²) in [6, 6.07) is 5.50. The summed E-state index contributed by atoms with van der Waals surface area (Å²) in [5.74, 6) is 1.39. The minimum Gasteiger partial charge on any atom is -0.497 e.